The minimum atomic E-state index is -4.37. The smallest absolute Gasteiger partial charge is 0.462 e. The molecular weight excluding hydrogens is 725 g/mol. The summed E-state index contributed by atoms with van der Waals surface area (Å²) in [4.78, 5) is 35.4. The second-order valence-electron chi connectivity index (χ2n) is 17.1. The van der Waals surface area contributed by atoms with Crippen LogP contribution in [0.25, 0.3) is 0 Å². The predicted octanol–water partition coefficient (Wildman–Crippen LogP) is 13.4. The molecule has 332 valence electrons. The van der Waals surface area contributed by atoms with E-state index in [0.29, 0.717) is 23.9 Å². The van der Waals surface area contributed by atoms with Gasteiger partial charge in [0, 0.05) is 12.8 Å². The third kappa shape index (κ3) is 42.4. The van der Waals surface area contributed by atoms with Crippen LogP contribution in [0.3, 0.4) is 0 Å². The SMILES string of the molecule is CCCCCCCC/C=C\CCCCCCCCCC(=O)O[C@H](COC(=O)CCCCCCCCCCCCCCCCC)COP(=O)(O)OCC[N+](C)(C)C. The molecule has 9 nitrogen and oxygen atoms in total. The van der Waals surface area contributed by atoms with E-state index < -0.39 is 26.5 Å². The number of phosphoric acid groups is 1. The van der Waals surface area contributed by atoms with Gasteiger partial charge < -0.3 is 18.9 Å². The highest BCUT2D eigenvalue weighted by molar-refractivity contribution is 7.47. The van der Waals surface area contributed by atoms with Crippen LogP contribution in [0.15, 0.2) is 12.2 Å². The molecule has 0 saturated carbocycles. The van der Waals surface area contributed by atoms with E-state index in [-0.39, 0.29) is 25.6 Å². The summed E-state index contributed by atoms with van der Waals surface area (Å²) >= 11 is 0. The van der Waals surface area contributed by atoms with Crippen molar-refractivity contribution in [3.8, 4) is 0 Å². The maximum atomic E-state index is 12.7. The van der Waals surface area contributed by atoms with Crippen molar-refractivity contribution in [2.45, 2.75) is 225 Å². The molecule has 0 aliphatic heterocycles. The zero-order chi connectivity index (χ0) is 41.4. The summed E-state index contributed by atoms with van der Waals surface area (Å²) in [6.07, 6.45) is 41.1. The van der Waals surface area contributed by atoms with Crippen LogP contribution in [0.2, 0.25) is 0 Å². The Bertz CT molecular complexity index is 969. The molecule has 1 N–H and O–H groups in total. The molecule has 0 aliphatic rings. The van der Waals surface area contributed by atoms with Gasteiger partial charge in [-0.2, -0.15) is 0 Å². The second-order valence-corrected chi connectivity index (χ2v) is 18.6. The Kier molecular flexibility index (Phi) is 38.3. The van der Waals surface area contributed by atoms with E-state index in [1.54, 1.807) is 0 Å². The maximum Gasteiger partial charge on any atom is 0.472 e. The van der Waals surface area contributed by atoms with Crippen LogP contribution in [0.4, 0.5) is 0 Å². The van der Waals surface area contributed by atoms with Gasteiger partial charge in [-0.15, -0.1) is 0 Å². The number of nitrogens with zero attached hydrogens (tertiary/aromatic N) is 1. The second kappa shape index (κ2) is 39.2. The topological polar surface area (TPSA) is 108 Å². The van der Waals surface area contributed by atoms with E-state index in [9.17, 15) is 19.0 Å². The Morgan fingerprint density at radius 3 is 1.32 bits per heavy atom. The molecule has 56 heavy (non-hydrogen) atoms. The summed E-state index contributed by atoms with van der Waals surface area (Å²) in [7, 11) is 1.48. The van der Waals surface area contributed by atoms with Crippen molar-refractivity contribution in [3.05, 3.63) is 12.2 Å². The summed E-state index contributed by atoms with van der Waals surface area (Å²) in [5, 5.41) is 0. The lowest BCUT2D eigenvalue weighted by atomic mass is 10.0. The van der Waals surface area contributed by atoms with Crippen molar-refractivity contribution < 1.29 is 42.1 Å². The van der Waals surface area contributed by atoms with Crippen LogP contribution in [0.1, 0.15) is 219 Å². The van der Waals surface area contributed by atoms with Gasteiger partial charge in [0.25, 0.3) is 0 Å². The first-order valence-electron chi connectivity index (χ1n) is 23.4. The van der Waals surface area contributed by atoms with Gasteiger partial charge in [0.05, 0.1) is 27.7 Å². The van der Waals surface area contributed by atoms with Gasteiger partial charge in [0.1, 0.15) is 19.8 Å². The molecule has 1 unspecified atom stereocenters. The van der Waals surface area contributed by atoms with Crippen LogP contribution < -0.4 is 0 Å². The molecule has 2 atom stereocenters. The number of phosphoric ester groups is 1. The predicted molar refractivity (Wildman–Crippen MR) is 234 cm³/mol. The Balaban J connectivity index is 4.30. The first-order chi connectivity index (χ1) is 27.0. The summed E-state index contributed by atoms with van der Waals surface area (Å²) in [5.74, 6) is -0.792. The summed E-state index contributed by atoms with van der Waals surface area (Å²) in [6.45, 7) is 4.44. The summed E-state index contributed by atoms with van der Waals surface area (Å²) in [5.41, 5.74) is 0. The van der Waals surface area contributed by atoms with E-state index in [0.717, 1.165) is 44.9 Å². The number of likely N-dealkylation sites (N-methyl/N-ethyl adjacent to an activating group) is 1. The first-order valence-corrected chi connectivity index (χ1v) is 24.9. The molecule has 0 aromatic heterocycles. The summed E-state index contributed by atoms with van der Waals surface area (Å²) in [6, 6.07) is 0. The number of carbonyl (C=O) groups is 2. The first kappa shape index (κ1) is 54.8. The number of ether oxygens (including phenoxy) is 2. The number of quaternary nitrogens is 1. The molecule has 0 saturated heterocycles. The number of esters is 2. The third-order valence-corrected chi connectivity index (χ3v) is 11.3. The normalized spacial score (nSPS) is 13.6. The van der Waals surface area contributed by atoms with Gasteiger partial charge in [-0.3, -0.25) is 18.6 Å². The Hall–Kier alpha value is -1.25. The van der Waals surface area contributed by atoms with Crippen molar-refractivity contribution in [3.63, 3.8) is 0 Å². The standard InChI is InChI=1S/C46H90NO8P/c1-6-8-10-12-14-16-18-20-22-23-25-27-29-31-33-35-37-39-46(49)55-44(43-54-56(50,51)53-41-40-47(3,4)5)42-52-45(48)38-36-34-32-30-28-26-24-21-19-17-15-13-11-9-7-2/h20,22,44H,6-19,21,23-43H2,1-5H3/p+1/b22-20-/t44-/m1/s1. The van der Waals surface area contributed by atoms with Crippen molar-refractivity contribution in [1.82, 2.24) is 0 Å². The fourth-order valence-electron chi connectivity index (χ4n) is 6.60. The molecule has 0 radical (unpaired) electrons. The molecule has 0 rings (SSSR count). The van der Waals surface area contributed by atoms with E-state index in [4.69, 9.17) is 18.5 Å². The fourth-order valence-corrected chi connectivity index (χ4v) is 7.34. The fraction of sp³-hybridized carbons (Fsp3) is 0.913. The van der Waals surface area contributed by atoms with Gasteiger partial charge in [-0.1, -0.05) is 180 Å². The molecule has 0 spiro atoms. The number of unbranched alkanes of at least 4 members (excludes halogenated alkanes) is 27. The van der Waals surface area contributed by atoms with E-state index in [1.165, 1.54) is 141 Å². The number of rotatable bonds is 43. The summed E-state index contributed by atoms with van der Waals surface area (Å²) < 4.78 is 34.4. The number of hydrogen-bond acceptors (Lipinski definition) is 7. The Morgan fingerprint density at radius 2 is 0.911 bits per heavy atom. The van der Waals surface area contributed by atoms with Gasteiger partial charge in [0.2, 0.25) is 0 Å². The molecular formula is C46H91NO8P+. The average Bonchev–Trinajstić information content (AvgIpc) is 3.15. The van der Waals surface area contributed by atoms with E-state index >= 15 is 0 Å². The van der Waals surface area contributed by atoms with Gasteiger partial charge >= 0.3 is 19.8 Å². The lowest BCUT2D eigenvalue weighted by Gasteiger charge is -2.24. The maximum absolute atomic E-state index is 12.7. The van der Waals surface area contributed by atoms with Crippen molar-refractivity contribution >= 4 is 19.8 Å². The molecule has 0 aliphatic carbocycles. The number of allylic oxidation sites excluding steroid dienone is 2. The quantitative estimate of drug-likeness (QED) is 0.0213. The molecule has 0 amide bonds. The number of hydrogen-bond donors (Lipinski definition) is 1. The zero-order valence-electron chi connectivity index (χ0n) is 37.4. The van der Waals surface area contributed by atoms with Crippen LogP contribution in [0, 0.1) is 0 Å². The zero-order valence-corrected chi connectivity index (χ0v) is 38.3. The highest BCUT2D eigenvalue weighted by atomic mass is 31.2. The monoisotopic (exact) mass is 817 g/mol. The van der Waals surface area contributed by atoms with Crippen LogP contribution in [-0.2, 0) is 32.7 Å². The lowest BCUT2D eigenvalue weighted by Crippen LogP contribution is -2.37. The molecule has 10 heteroatoms. The lowest BCUT2D eigenvalue weighted by molar-refractivity contribution is -0.870. The third-order valence-electron chi connectivity index (χ3n) is 10.3. The van der Waals surface area contributed by atoms with Crippen molar-refractivity contribution in [1.29, 1.82) is 0 Å². The molecule has 0 bridgehead atoms. The minimum Gasteiger partial charge on any atom is -0.462 e. The highest BCUT2D eigenvalue weighted by Gasteiger charge is 2.27. The number of carbonyl (C=O) groups excluding carboxylic acids is 2. The van der Waals surface area contributed by atoms with Crippen LogP contribution >= 0.6 is 7.82 Å². The van der Waals surface area contributed by atoms with Crippen molar-refractivity contribution in [2.24, 2.45) is 0 Å². The average molecular weight is 817 g/mol. The van der Waals surface area contributed by atoms with Gasteiger partial charge in [-0.05, 0) is 38.5 Å². The largest absolute Gasteiger partial charge is 0.472 e. The van der Waals surface area contributed by atoms with Crippen LogP contribution in [-0.4, -0.2) is 74.9 Å². The molecule has 0 aromatic carbocycles. The Labute approximate surface area is 346 Å². The van der Waals surface area contributed by atoms with Crippen LogP contribution in [0.5, 0.6) is 0 Å². The van der Waals surface area contributed by atoms with E-state index in [2.05, 4.69) is 26.0 Å². The molecule has 0 heterocycles. The highest BCUT2D eigenvalue weighted by Crippen LogP contribution is 2.43. The van der Waals surface area contributed by atoms with Crippen molar-refractivity contribution in [2.75, 3.05) is 47.5 Å². The van der Waals surface area contributed by atoms with E-state index in [1.807, 2.05) is 21.1 Å². The Morgan fingerprint density at radius 1 is 0.536 bits per heavy atom. The van der Waals surface area contributed by atoms with Gasteiger partial charge in [0.15, 0.2) is 6.10 Å². The van der Waals surface area contributed by atoms with Gasteiger partial charge in [-0.25, -0.2) is 4.57 Å². The minimum absolute atomic E-state index is 0.0341. The molecule has 0 fully saturated rings. The molecule has 0 aromatic rings.